The highest BCUT2D eigenvalue weighted by atomic mass is 16.4. The van der Waals surface area contributed by atoms with Crippen LogP contribution >= 0.6 is 0 Å². The number of aliphatic carboxylic acids is 2. The summed E-state index contributed by atoms with van der Waals surface area (Å²) in [6.07, 6.45) is 0.00614. The van der Waals surface area contributed by atoms with E-state index in [0.29, 0.717) is 13.0 Å². The fraction of sp³-hybridized carbons (Fsp3) is 0.727. The summed E-state index contributed by atoms with van der Waals surface area (Å²) in [5.74, 6) is -2.20. The minimum absolute atomic E-state index is 0.0593. The molecule has 0 aromatic rings. The number of aliphatic hydroxyl groups is 1. The maximum Gasteiger partial charge on any atom is 0.326 e. The molecule has 0 bridgehead atoms. The summed E-state index contributed by atoms with van der Waals surface area (Å²) in [4.78, 5) is 34.4. The summed E-state index contributed by atoms with van der Waals surface area (Å²) < 4.78 is 0. The third-order valence-corrected chi connectivity index (χ3v) is 2.93. The summed E-state index contributed by atoms with van der Waals surface area (Å²) in [5, 5.41) is 29.1. The Morgan fingerprint density at radius 3 is 2.47 bits per heavy atom. The molecule has 19 heavy (non-hydrogen) atoms. The average molecular weight is 274 g/mol. The molecule has 0 aromatic heterocycles. The zero-order valence-electron chi connectivity index (χ0n) is 10.4. The molecule has 0 saturated carbocycles. The first-order valence-corrected chi connectivity index (χ1v) is 6.08. The van der Waals surface area contributed by atoms with Crippen LogP contribution in [0.3, 0.4) is 0 Å². The minimum atomic E-state index is -1.20. The maximum atomic E-state index is 11.7. The summed E-state index contributed by atoms with van der Waals surface area (Å²) in [6.45, 7) is 0.571. The first-order valence-electron chi connectivity index (χ1n) is 6.08. The van der Waals surface area contributed by atoms with E-state index >= 15 is 0 Å². The van der Waals surface area contributed by atoms with Crippen molar-refractivity contribution in [3.8, 4) is 0 Å². The fourth-order valence-corrected chi connectivity index (χ4v) is 1.88. The van der Waals surface area contributed by atoms with Gasteiger partial charge in [0.15, 0.2) is 0 Å². The number of carbonyl (C=O) groups is 3. The van der Waals surface area contributed by atoms with Gasteiger partial charge in [0.1, 0.15) is 6.04 Å². The van der Waals surface area contributed by atoms with Crippen molar-refractivity contribution in [1.29, 1.82) is 0 Å². The summed E-state index contributed by atoms with van der Waals surface area (Å²) in [7, 11) is 0. The van der Waals surface area contributed by atoms with Crippen molar-refractivity contribution in [2.75, 3.05) is 13.1 Å². The molecule has 2 amide bonds. The highest BCUT2D eigenvalue weighted by Gasteiger charge is 2.28. The molecule has 1 heterocycles. The van der Waals surface area contributed by atoms with Crippen LogP contribution in [0.2, 0.25) is 0 Å². The predicted octanol–water partition coefficient (Wildman–Crippen LogP) is -0.529. The van der Waals surface area contributed by atoms with Gasteiger partial charge in [-0.3, -0.25) is 4.79 Å². The smallest absolute Gasteiger partial charge is 0.326 e. The predicted molar refractivity (Wildman–Crippen MR) is 63.6 cm³/mol. The van der Waals surface area contributed by atoms with Crippen LogP contribution in [0.4, 0.5) is 4.79 Å². The zero-order chi connectivity index (χ0) is 14.4. The van der Waals surface area contributed by atoms with Crippen LogP contribution in [0.15, 0.2) is 0 Å². The molecule has 1 fully saturated rings. The zero-order valence-corrected chi connectivity index (χ0v) is 10.4. The standard InChI is InChI=1S/C11H18N2O6/c14-7-4-5-13(6-7)11(19)12-8(10(17)18)2-1-3-9(15)16/h7-8,14H,1-6H2,(H,12,19)(H,15,16)(H,17,18)/t7?,8-/m1/s1. The van der Waals surface area contributed by atoms with Crippen LogP contribution in [0.25, 0.3) is 0 Å². The van der Waals surface area contributed by atoms with E-state index in [4.69, 9.17) is 10.2 Å². The van der Waals surface area contributed by atoms with Crippen molar-refractivity contribution in [2.45, 2.75) is 37.8 Å². The highest BCUT2D eigenvalue weighted by Crippen LogP contribution is 2.10. The molecule has 1 rings (SSSR count). The second-order valence-electron chi connectivity index (χ2n) is 4.51. The van der Waals surface area contributed by atoms with Gasteiger partial charge in [0.2, 0.25) is 0 Å². The van der Waals surface area contributed by atoms with Crippen LogP contribution in [-0.2, 0) is 9.59 Å². The number of amides is 2. The number of rotatable bonds is 6. The fourth-order valence-electron chi connectivity index (χ4n) is 1.88. The molecule has 1 aliphatic rings. The van der Waals surface area contributed by atoms with Gasteiger partial charge < -0.3 is 25.5 Å². The van der Waals surface area contributed by atoms with Crippen molar-refractivity contribution in [2.24, 2.45) is 0 Å². The van der Waals surface area contributed by atoms with Crippen molar-refractivity contribution in [3.05, 3.63) is 0 Å². The SMILES string of the molecule is O=C(O)CCC[C@@H](NC(=O)N1CCC(O)C1)C(=O)O. The second-order valence-corrected chi connectivity index (χ2v) is 4.51. The van der Waals surface area contributed by atoms with Gasteiger partial charge in [0.25, 0.3) is 0 Å². The lowest BCUT2D eigenvalue weighted by molar-refractivity contribution is -0.140. The Labute approximate surface area is 110 Å². The highest BCUT2D eigenvalue weighted by molar-refractivity contribution is 5.82. The van der Waals surface area contributed by atoms with Crippen LogP contribution in [0, 0.1) is 0 Å². The number of β-amino-alcohol motifs (C(OH)–C–C–N with tert-alkyl or cyclic N) is 1. The Hall–Kier alpha value is -1.83. The Morgan fingerprint density at radius 2 is 2.00 bits per heavy atom. The Kier molecular flexibility index (Phi) is 5.56. The molecular formula is C11H18N2O6. The van der Waals surface area contributed by atoms with Gasteiger partial charge in [0.05, 0.1) is 6.10 Å². The van der Waals surface area contributed by atoms with E-state index in [1.54, 1.807) is 0 Å². The van der Waals surface area contributed by atoms with Gasteiger partial charge in [-0.2, -0.15) is 0 Å². The number of carboxylic acids is 2. The van der Waals surface area contributed by atoms with Crippen molar-refractivity contribution >= 4 is 18.0 Å². The van der Waals surface area contributed by atoms with Gasteiger partial charge in [-0.1, -0.05) is 0 Å². The summed E-state index contributed by atoms with van der Waals surface area (Å²) >= 11 is 0. The van der Waals surface area contributed by atoms with E-state index in [1.165, 1.54) is 4.90 Å². The maximum absolute atomic E-state index is 11.7. The molecule has 1 saturated heterocycles. The quantitative estimate of drug-likeness (QED) is 0.515. The first kappa shape index (κ1) is 15.2. The van der Waals surface area contributed by atoms with Crippen molar-refractivity contribution in [1.82, 2.24) is 10.2 Å². The summed E-state index contributed by atoms with van der Waals surface area (Å²) in [6, 6.07) is -1.65. The van der Waals surface area contributed by atoms with E-state index in [-0.39, 0.29) is 25.8 Å². The topological polar surface area (TPSA) is 127 Å². The van der Waals surface area contributed by atoms with E-state index in [9.17, 15) is 19.5 Å². The lowest BCUT2D eigenvalue weighted by atomic mass is 10.1. The van der Waals surface area contributed by atoms with Crippen LogP contribution in [0.1, 0.15) is 25.7 Å². The second kappa shape index (κ2) is 6.93. The van der Waals surface area contributed by atoms with Gasteiger partial charge in [0, 0.05) is 19.5 Å². The molecule has 8 nitrogen and oxygen atoms in total. The van der Waals surface area contributed by atoms with Crippen molar-refractivity contribution < 1.29 is 29.7 Å². The van der Waals surface area contributed by atoms with E-state index < -0.39 is 30.1 Å². The molecule has 1 unspecified atom stereocenters. The van der Waals surface area contributed by atoms with Crippen LogP contribution in [-0.4, -0.2) is 63.4 Å². The number of hydrogen-bond acceptors (Lipinski definition) is 4. The Morgan fingerprint density at radius 1 is 1.32 bits per heavy atom. The molecule has 0 aliphatic carbocycles. The molecule has 108 valence electrons. The molecular weight excluding hydrogens is 256 g/mol. The monoisotopic (exact) mass is 274 g/mol. The van der Waals surface area contributed by atoms with Crippen LogP contribution in [0.5, 0.6) is 0 Å². The number of hydrogen-bond donors (Lipinski definition) is 4. The molecule has 4 N–H and O–H groups in total. The number of urea groups is 1. The third-order valence-electron chi connectivity index (χ3n) is 2.93. The molecule has 0 spiro atoms. The molecule has 8 heteroatoms. The molecule has 0 aromatic carbocycles. The Balaban J connectivity index is 2.42. The van der Waals surface area contributed by atoms with E-state index in [0.717, 1.165) is 0 Å². The van der Waals surface area contributed by atoms with E-state index in [2.05, 4.69) is 5.32 Å². The third kappa shape index (κ3) is 5.12. The molecule has 0 radical (unpaired) electrons. The lowest BCUT2D eigenvalue weighted by Crippen LogP contribution is -2.47. The van der Waals surface area contributed by atoms with Gasteiger partial charge in [-0.25, -0.2) is 9.59 Å². The number of aliphatic hydroxyl groups excluding tert-OH is 1. The minimum Gasteiger partial charge on any atom is -0.481 e. The molecule has 1 aliphatic heterocycles. The lowest BCUT2D eigenvalue weighted by Gasteiger charge is -2.20. The average Bonchev–Trinajstić information content (AvgIpc) is 2.73. The number of carbonyl (C=O) groups excluding carboxylic acids is 1. The Bertz CT molecular complexity index is 359. The summed E-state index contributed by atoms with van der Waals surface area (Å²) in [5.41, 5.74) is 0. The largest absolute Gasteiger partial charge is 0.481 e. The normalized spacial score (nSPS) is 20.1. The van der Waals surface area contributed by atoms with Gasteiger partial charge in [-0.15, -0.1) is 0 Å². The number of likely N-dealkylation sites (tertiary alicyclic amines) is 1. The van der Waals surface area contributed by atoms with Crippen LogP contribution < -0.4 is 5.32 Å². The number of nitrogens with one attached hydrogen (secondary N) is 1. The number of nitrogens with zero attached hydrogens (tertiary/aromatic N) is 1. The van der Waals surface area contributed by atoms with Gasteiger partial charge in [-0.05, 0) is 19.3 Å². The first-order chi connectivity index (χ1) is 8.90. The number of carboxylic acid groups (broad SMARTS) is 2. The van der Waals surface area contributed by atoms with E-state index in [1.807, 2.05) is 0 Å². The molecule has 2 atom stereocenters. The van der Waals surface area contributed by atoms with Crippen molar-refractivity contribution in [3.63, 3.8) is 0 Å². The van der Waals surface area contributed by atoms with Gasteiger partial charge >= 0.3 is 18.0 Å².